The molecule has 2 bridgehead atoms. The molecule has 5 rings (SSSR count). The van der Waals surface area contributed by atoms with Crippen LogP contribution in [-0.2, 0) is 39.5 Å². The third-order valence-corrected chi connectivity index (χ3v) is 8.37. The molecule has 0 spiro atoms. The summed E-state index contributed by atoms with van der Waals surface area (Å²) in [5.74, 6) is -0.481. The molecular weight excluding hydrogens is 493 g/mol. The second kappa shape index (κ2) is 11.2. The van der Waals surface area contributed by atoms with Crippen LogP contribution in [0.1, 0.15) is 63.4 Å². The fourth-order valence-electron chi connectivity index (χ4n) is 6.06. The molecule has 3 aliphatic carbocycles. The van der Waals surface area contributed by atoms with Gasteiger partial charge in [0.2, 0.25) is 13.2 Å². The molecule has 3 saturated carbocycles. The summed E-state index contributed by atoms with van der Waals surface area (Å²) in [6.45, 7) is 9.27. The minimum Gasteiger partial charge on any atom is -0.496 e. The second-order valence-corrected chi connectivity index (χ2v) is 11.3. The smallest absolute Gasteiger partial charge is 0.481 e. The molecule has 1 aliphatic heterocycles. The van der Waals surface area contributed by atoms with Gasteiger partial charge in [-0.3, -0.25) is 4.79 Å². The number of amides is 1. The summed E-state index contributed by atoms with van der Waals surface area (Å²) >= 11 is 0. The second-order valence-electron chi connectivity index (χ2n) is 11.3. The Hall–Kier alpha value is -2.63. The monoisotopic (exact) mass is 531 g/mol. The molecule has 0 radical (unpaired) electrons. The first kappa shape index (κ1) is 28.4. The predicted molar refractivity (Wildman–Crippen MR) is 137 cm³/mol. The number of nitrogens with one attached hydrogen (secondary N) is 1. The van der Waals surface area contributed by atoms with Gasteiger partial charge in [0.15, 0.2) is 5.60 Å². The maximum Gasteiger partial charge on any atom is 0.481 e. The highest BCUT2D eigenvalue weighted by molar-refractivity contribution is 6.47. The topological polar surface area (TPSA) is 119 Å². The van der Waals surface area contributed by atoms with Crippen molar-refractivity contribution in [3.63, 3.8) is 0 Å². The number of benzene rings is 1. The predicted octanol–water partition coefficient (Wildman–Crippen LogP) is 2.70. The lowest BCUT2D eigenvalue weighted by Gasteiger charge is -2.60. The van der Waals surface area contributed by atoms with Gasteiger partial charge in [0, 0.05) is 6.61 Å². The van der Waals surface area contributed by atoms with Crippen molar-refractivity contribution in [2.75, 3.05) is 20.5 Å². The van der Waals surface area contributed by atoms with Crippen molar-refractivity contribution >= 4 is 25.5 Å². The SMILES string of the molecule is CCOC(C)(C)C(=O)OCOC(=O)c1cccc(CC(NC=O)B2OC3CC4CC(C3O2)C4(C)C)c1OC. The van der Waals surface area contributed by atoms with Crippen molar-refractivity contribution in [2.24, 2.45) is 17.3 Å². The Bertz CT molecular complexity index is 1050. The normalized spacial score (nSPS) is 26.0. The van der Waals surface area contributed by atoms with E-state index >= 15 is 0 Å². The molecule has 5 atom stereocenters. The van der Waals surface area contributed by atoms with Crippen LogP contribution in [0.2, 0.25) is 0 Å². The average molecular weight is 531 g/mol. The Morgan fingerprint density at radius 3 is 2.66 bits per heavy atom. The highest BCUT2D eigenvalue weighted by Gasteiger charge is 2.62. The fourth-order valence-corrected chi connectivity index (χ4v) is 6.06. The van der Waals surface area contributed by atoms with Crippen LogP contribution in [0.4, 0.5) is 0 Å². The Balaban J connectivity index is 1.42. The van der Waals surface area contributed by atoms with E-state index in [9.17, 15) is 14.4 Å². The quantitative estimate of drug-likeness (QED) is 0.188. The summed E-state index contributed by atoms with van der Waals surface area (Å²) in [4.78, 5) is 36.5. The number of para-hydroxylation sites is 1. The van der Waals surface area contributed by atoms with Crippen molar-refractivity contribution in [1.82, 2.24) is 5.32 Å². The zero-order valence-corrected chi connectivity index (χ0v) is 23.0. The molecule has 0 aromatic heterocycles. The first-order chi connectivity index (χ1) is 18.0. The van der Waals surface area contributed by atoms with Gasteiger partial charge >= 0.3 is 19.1 Å². The zero-order chi connectivity index (χ0) is 27.7. The maximum atomic E-state index is 12.8. The standard InChI is InChI=1S/C27H38BNO9/c1-7-36-27(4,5)25(32)35-15-34-24(31)18-10-8-9-16(22(18)33-6)11-21(29-14-30)28-37-20-13-17-12-19(23(20)38-28)26(17,2)3/h8-10,14,17,19-21,23H,7,11-13,15H2,1-6H3,(H,29,30). The highest BCUT2D eigenvalue weighted by atomic mass is 16.7. The number of ether oxygens (including phenoxy) is 4. The van der Waals surface area contributed by atoms with Gasteiger partial charge in [-0.2, -0.15) is 0 Å². The van der Waals surface area contributed by atoms with E-state index in [0.29, 0.717) is 42.6 Å². The van der Waals surface area contributed by atoms with Gasteiger partial charge in [0.25, 0.3) is 0 Å². The number of rotatable bonds is 12. The Morgan fingerprint density at radius 2 is 2.00 bits per heavy atom. The van der Waals surface area contributed by atoms with Crippen molar-refractivity contribution in [3.8, 4) is 5.75 Å². The summed E-state index contributed by atoms with van der Waals surface area (Å²) in [5.41, 5.74) is -0.0861. The van der Waals surface area contributed by atoms with Crippen LogP contribution in [0, 0.1) is 17.3 Å². The van der Waals surface area contributed by atoms with E-state index < -0.39 is 37.4 Å². The van der Waals surface area contributed by atoms with Crippen LogP contribution in [0.5, 0.6) is 5.75 Å². The van der Waals surface area contributed by atoms with Crippen LogP contribution in [0.3, 0.4) is 0 Å². The Labute approximate surface area is 224 Å². The number of carbonyl (C=O) groups is 3. The van der Waals surface area contributed by atoms with Gasteiger partial charge in [-0.05, 0) is 68.9 Å². The zero-order valence-electron chi connectivity index (χ0n) is 23.0. The van der Waals surface area contributed by atoms with E-state index in [0.717, 1.165) is 12.8 Å². The molecule has 5 unspecified atom stereocenters. The molecule has 4 fully saturated rings. The highest BCUT2D eigenvalue weighted by Crippen LogP contribution is 2.61. The van der Waals surface area contributed by atoms with Crippen molar-refractivity contribution < 1.29 is 42.6 Å². The molecule has 1 aromatic carbocycles. The van der Waals surface area contributed by atoms with Crippen LogP contribution in [-0.4, -0.2) is 69.7 Å². The molecule has 1 saturated heterocycles. The molecular formula is C27H38BNO9. The van der Waals surface area contributed by atoms with Crippen LogP contribution in [0.25, 0.3) is 0 Å². The molecule has 1 aromatic rings. The molecule has 1 N–H and O–H groups in total. The number of carbonyl (C=O) groups excluding carboxylic acids is 3. The molecule has 208 valence electrons. The summed E-state index contributed by atoms with van der Waals surface area (Å²) in [6, 6.07) is 5.07. The molecule has 1 amide bonds. The van der Waals surface area contributed by atoms with Crippen LogP contribution in [0.15, 0.2) is 18.2 Å². The van der Waals surface area contributed by atoms with E-state index in [2.05, 4.69) is 19.2 Å². The number of hydrogen-bond acceptors (Lipinski definition) is 9. The summed E-state index contributed by atoms with van der Waals surface area (Å²) in [5, 5.41) is 2.83. The maximum absolute atomic E-state index is 12.8. The molecule has 1 heterocycles. The molecule has 38 heavy (non-hydrogen) atoms. The molecule has 11 heteroatoms. The van der Waals surface area contributed by atoms with Gasteiger partial charge in [-0.25, -0.2) is 9.59 Å². The first-order valence-electron chi connectivity index (χ1n) is 13.2. The van der Waals surface area contributed by atoms with Gasteiger partial charge in [-0.1, -0.05) is 26.0 Å². The summed E-state index contributed by atoms with van der Waals surface area (Å²) < 4.78 is 33.8. The number of esters is 2. The lowest BCUT2D eigenvalue weighted by atomic mass is 9.47. The summed E-state index contributed by atoms with van der Waals surface area (Å²) in [7, 11) is 0.841. The molecule has 10 nitrogen and oxygen atoms in total. The van der Waals surface area contributed by atoms with E-state index in [1.54, 1.807) is 32.9 Å². The average Bonchev–Trinajstić information content (AvgIpc) is 3.32. The summed E-state index contributed by atoms with van der Waals surface area (Å²) in [6.07, 6.45) is 3.07. The van der Waals surface area contributed by atoms with Crippen molar-refractivity contribution in [3.05, 3.63) is 29.3 Å². The Kier molecular flexibility index (Phi) is 8.39. The number of methoxy groups -OCH3 is 1. The largest absolute Gasteiger partial charge is 0.496 e. The van der Waals surface area contributed by atoms with E-state index in [1.165, 1.54) is 7.11 Å². The lowest BCUT2D eigenvalue weighted by molar-refractivity contribution is -0.175. The fraction of sp³-hybridized carbons (Fsp3) is 0.667. The van der Waals surface area contributed by atoms with Crippen LogP contribution >= 0.6 is 0 Å². The van der Waals surface area contributed by atoms with Gasteiger partial charge in [0.1, 0.15) is 11.3 Å². The third kappa shape index (κ3) is 5.41. The van der Waals surface area contributed by atoms with Gasteiger partial charge in [0.05, 0.1) is 25.3 Å². The lowest BCUT2D eigenvalue weighted by Crippen LogP contribution is -2.59. The van der Waals surface area contributed by atoms with Crippen LogP contribution < -0.4 is 10.1 Å². The first-order valence-corrected chi connectivity index (χ1v) is 13.2. The minimum absolute atomic E-state index is 0.00886. The van der Waals surface area contributed by atoms with Gasteiger partial charge in [-0.15, -0.1) is 0 Å². The van der Waals surface area contributed by atoms with Crippen molar-refractivity contribution in [2.45, 2.75) is 77.6 Å². The van der Waals surface area contributed by atoms with Crippen molar-refractivity contribution in [1.29, 1.82) is 0 Å². The third-order valence-electron chi connectivity index (χ3n) is 8.37. The van der Waals surface area contributed by atoms with E-state index in [4.69, 9.17) is 28.3 Å². The molecule has 4 aliphatic rings. The van der Waals surface area contributed by atoms with Gasteiger partial charge < -0.3 is 33.6 Å². The van der Waals surface area contributed by atoms with E-state index in [1.807, 2.05) is 6.07 Å². The minimum atomic E-state index is -1.16. The Morgan fingerprint density at radius 1 is 1.24 bits per heavy atom. The van der Waals surface area contributed by atoms with E-state index in [-0.39, 0.29) is 23.2 Å². The number of hydrogen-bond donors (Lipinski definition) is 1.